The van der Waals surface area contributed by atoms with E-state index < -0.39 is 111 Å². The van der Waals surface area contributed by atoms with Crippen LogP contribution in [0.15, 0.2) is 0 Å². The van der Waals surface area contributed by atoms with Gasteiger partial charge in [0, 0.05) is 6.92 Å². The Balaban J connectivity index is 1.88. The average Bonchev–Trinajstić information content (AvgIpc) is 2.83. The molecule has 210 valence electrons. The molecule has 3 aliphatic rings. The zero-order chi connectivity index (χ0) is 26.9. The number of hydrogen-bond donors (Lipinski definition) is 10. The van der Waals surface area contributed by atoms with Gasteiger partial charge in [-0.1, -0.05) is 0 Å². The summed E-state index contributed by atoms with van der Waals surface area (Å²) < 4.78 is 27.5. The fraction of sp³-hybridized carbons (Fsp3) is 0.950. The van der Waals surface area contributed by atoms with Crippen LogP contribution in [0.1, 0.15) is 13.8 Å². The molecule has 16 nitrogen and oxygen atoms in total. The Labute approximate surface area is 205 Å². The molecule has 36 heavy (non-hydrogen) atoms. The van der Waals surface area contributed by atoms with Crippen LogP contribution in [0.4, 0.5) is 0 Å². The summed E-state index contributed by atoms with van der Waals surface area (Å²) >= 11 is 0. The molecule has 15 atom stereocenters. The summed E-state index contributed by atoms with van der Waals surface area (Å²) in [6, 6.07) is -1.38. The van der Waals surface area contributed by atoms with Gasteiger partial charge in [0.05, 0.1) is 19.3 Å². The summed E-state index contributed by atoms with van der Waals surface area (Å²) in [4.78, 5) is 12.0. The number of rotatable bonds is 7. The molecule has 0 unspecified atom stereocenters. The molecular weight excluding hydrogens is 494 g/mol. The highest BCUT2D eigenvalue weighted by molar-refractivity contribution is 5.73. The second-order valence-corrected chi connectivity index (χ2v) is 9.05. The Morgan fingerprint density at radius 1 is 0.722 bits per heavy atom. The molecular formula is C20H35NO15. The fourth-order valence-corrected chi connectivity index (χ4v) is 4.43. The molecule has 3 saturated heterocycles. The summed E-state index contributed by atoms with van der Waals surface area (Å²) in [5, 5.41) is 92.9. The van der Waals surface area contributed by atoms with Crippen molar-refractivity contribution < 1.29 is 74.4 Å². The molecule has 0 radical (unpaired) electrons. The summed E-state index contributed by atoms with van der Waals surface area (Å²) in [6.45, 7) is 1.06. The summed E-state index contributed by atoms with van der Waals surface area (Å²) in [5.74, 6) is -0.641. The highest BCUT2D eigenvalue weighted by Crippen LogP contribution is 2.32. The van der Waals surface area contributed by atoms with Crippen molar-refractivity contribution in [2.24, 2.45) is 0 Å². The second kappa shape index (κ2) is 12.2. The maximum atomic E-state index is 12.0. The van der Waals surface area contributed by atoms with Gasteiger partial charge < -0.3 is 75.0 Å². The quantitative estimate of drug-likeness (QED) is 0.147. The van der Waals surface area contributed by atoms with Crippen molar-refractivity contribution >= 4 is 5.91 Å². The molecule has 0 aromatic carbocycles. The van der Waals surface area contributed by atoms with E-state index in [1.807, 2.05) is 0 Å². The zero-order valence-corrected chi connectivity index (χ0v) is 19.5. The van der Waals surface area contributed by atoms with E-state index in [4.69, 9.17) is 23.7 Å². The van der Waals surface area contributed by atoms with E-state index in [9.17, 15) is 50.8 Å². The van der Waals surface area contributed by atoms with Gasteiger partial charge in [0.2, 0.25) is 5.91 Å². The molecule has 0 spiro atoms. The van der Waals surface area contributed by atoms with Gasteiger partial charge in [-0.05, 0) is 6.92 Å². The van der Waals surface area contributed by atoms with Gasteiger partial charge in [0.15, 0.2) is 18.9 Å². The van der Waals surface area contributed by atoms with Gasteiger partial charge >= 0.3 is 0 Å². The third kappa shape index (κ3) is 5.97. The Bertz CT molecular complexity index is 729. The Hall–Kier alpha value is -1.09. The minimum absolute atomic E-state index is 0.641. The standard InChI is InChI=1S/C20H35NO15/c1-5-16(13(28)14(29)18(31)32-5)35-19-9(21-6(2)24)17(11(26)8(4-23)33-19)36-20-15(30)12(27)10(25)7(3-22)34-20/h5,7-20,22-23,25-31H,3-4H2,1-2H3,(H,21,24)/t5-,7-,8+,9+,10+,11+,12+,13-,14+,15-,16-,17+,18+,19-,20-/m0/s1. The van der Waals surface area contributed by atoms with E-state index in [1.165, 1.54) is 6.92 Å². The van der Waals surface area contributed by atoms with Crippen LogP contribution in [0.5, 0.6) is 0 Å². The van der Waals surface area contributed by atoms with Crippen LogP contribution < -0.4 is 5.32 Å². The van der Waals surface area contributed by atoms with Crippen molar-refractivity contribution in [3.63, 3.8) is 0 Å². The van der Waals surface area contributed by atoms with Crippen LogP contribution in [-0.2, 0) is 28.5 Å². The lowest BCUT2D eigenvalue weighted by atomic mass is 9.94. The third-order valence-corrected chi connectivity index (χ3v) is 6.45. The molecule has 3 aliphatic heterocycles. The first-order chi connectivity index (χ1) is 16.9. The first kappa shape index (κ1) is 29.5. The number of hydrogen-bond acceptors (Lipinski definition) is 15. The first-order valence-corrected chi connectivity index (χ1v) is 11.4. The SMILES string of the molecule is CC(=O)N[C@H]1[C@H](O[C@@H]2[C@@H](O)[C@@H](O)[C@H](O)O[C@H]2C)O[C@H](CO)[C@@H](O)[C@@H]1O[C@@H]1O[C@@H](CO)[C@@H](O)[C@@H](O)[C@@H]1O. The van der Waals surface area contributed by atoms with Crippen LogP contribution in [0.25, 0.3) is 0 Å². The minimum Gasteiger partial charge on any atom is -0.394 e. The van der Waals surface area contributed by atoms with Gasteiger partial charge in [-0.2, -0.15) is 0 Å². The number of aliphatic hydroxyl groups is 9. The van der Waals surface area contributed by atoms with Crippen LogP contribution in [-0.4, -0.2) is 157 Å². The molecule has 0 aromatic rings. The minimum atomic E-state index is -1.84. The van der Waals surface area contributed by atoms with E-state index in [0.29, 0.717) is 0 Å². The van der Waals surface area contributed by atoms with Crippen LogP contribution in [0, 0.1) is 0 Å². The van der Waals surface area contributed by atoms with Crippen molar-refractivity contribution in [1.82, 2.24) is 5.32 Å². The Kier molecular flexibility index (Phi) is 9.97. The van der Waals surface area contributed by atoms with Crippen LogP contribution in [0.2, 0.25) is 0 Å². The molecule has 0 aromatic heterocycles. The Morgan fingerprint density at radius 3 is 1.86 bits per heavy atom. The second-order valence-electron chi connectivity index (χ2n) is 9.05. The molecule has 3 heterocycles. The normalized spacial score (nSPS) is 50.0. The van der Waals surface area contributed by atoms with Gasteiger partial charge in [-0.3, -0.25) is 4.79 Å². The van der Waals surface area contributed by atoms with Crippen molar-refractivity contribution in [2.45, 2.75) is 106 Å². The molecule has 16 heteroatoms. The fourth-order valence-electron chi connectivity index (χ4n) is 4.43. The summed E-state index contributed by atoms with van der Waals surface area (Å²) in [6.07, 6.45) is -21.8. The van der Waals surface area contributed by atoms with Gasteiger partial charge in [-0.15, -0.1) is 0 Å². The molecule has 3 rings (SSSR count). The number of nitrogens with one attached hydrogen (secondary N) is 1. The van der Waals surface area contributed by atoms with Gasteiger partial charge in [0.25, 0.3) is 0 Å². The topological polar surface area (TPSA) is 257 Å². The van der Waals surface area contributed by atoms with Crippen molar-refractivity contribution in [2.75, 3.05) is 13.2 Å². The van der Waals surface area contributed by atoms with E-state index in [0.717, 1.165) is 6.92 Å². The Morgan fingerprint density at radius 2 is 1.28 bits per heavy atom. The predicted molar refractivity (Wildman–Crippen MR) is 111 cm³/mol. The lowest BCUT2D eigenvalue weighted by molar-refractivity contribution is -0.361. The monoisotopic (exact) mass is 529 g/mol. The number of carbonyl (C=O) groups excluding carboxylic acids is 1. The predicted octanol–water partition coefficient (Wildman–Crippen LogP) is -6.40. The van der Waals surface area contributed by atoms with E-state index in [-0.39, 0.29) is 0 Å². The van der Waals surface area contributed by atoms with E-state index >= 15 is 0 Å². The molecule has 1 amide bonds. The smallest absolute Gasteiger partial charge is 0.217 e. The third-order valence-electron chi connectivity index (χ3n) is 6.45. The van der Waals surface area contributed by atoms with Crippen molar-refractivity contribution in [1.29, 1.82) is 0 Å². The van der Waals surface area contributed by atoms with E-state index in [1.54, 1.807) is 0 Å². The van der Waals surface area contributed by atoms with Crippen LogP contribution in [0.3, 0.4) is 0 Å². The molecule has 10 N–H and O–H groups in total. The van der Waals surface area contributed by atoms with Crippen LogP contribution >= 0.6 is 0 Å². The summed E-state index contributed by atoms with van der Waals surface area (Å²) in [5.41, 5.74) is 0. The first-order valence-electron chi connectivity index (χ1n) is 11.4. The summed E-state index contributed by atoms with van der Waals surface area (Å²) in [7, 11) is 0. The molecule has 0 bridgehead atoms. The van der Waals surface area contributed by atoms with Gasteiger partial charge in [0.1, 0.15) is 67.1 Å². The van der Waals surface area contributed by atoms with Crippen molar-refractivity contribution in [3.8, 4) is 0 Å². The van der Waals surface area contributed by atoms with E-state index in [2.05, 4.69) is 5.32 Å². The lowest BCUT2D eigenvalue weighted by Gasteiger charge is -2.49. The molecule has 0 saturated carbocycles. The number of amides is 1. The highest BCUT2D eigenvalue weighted by atomic mass is 16.7. The van der Waals surface area contributed by atoms with Crippen molar-refractivity contribution in [3.05, 3.63) is 0 Å². The maximum absolute atomic E-state index is 12.0. The zero-order valence-electron chi connectivity index (χ0n) is 19.5. The highest BCUT2D eigenvalue weighted by Gasteiger charge is 2.53. The number of carbonyl (C=O) groups is 1. The number of ether oxygens (including phenoxy) is 5. The van der Waals surface area contributed by atoms with Gasteiger partial charge in [-0.25, -0.2) is 0 Å². The number of aliphatic hydroxyl groups excluding tert-OH is 9. The largest absolute Gasteiger partial charge is 0.394 e. The maximum Gasteiger partial charge on any atom is 0.217 e. The lowest BCUT2D eigenvalue weighted by Crippen LogP contribution is -2.69. The molecule has 3 fully saturated rings. The average molecular weight is 529 g/mol. The molecule has 0 aliphatic carbocycles.